The molecule has 0 amide bonds. The Labute approximate surface area is 139 Å². The first kappa shape index (κ1) is 19.2. The van der Waals surface area contributed by atoms with Gasteiger partial charge in [0.15, 0.2) is 0 Å². The lowest BCUT2D eigenvalue weighted by Gasteiger charge is -2.15. The van der Waals surface area contributed by atoms with Crippen LogP contribution in [0.5, 0.6) is 5.75 Å². The van der Waals surface area contributed by atoms with E-state index in [1.807, 2.05) is 0 Å². The highest BCUT2D eigenvalue weighted by Crippen LogP contribution is 2.18. The fourth-order valence-corrected chi connectivity index (χ4v) is 2.48. The van der Waals surface area contributed by atoms with Crippen molar-refractivity contribution in [1.29, 1.82) is 0 Å². The van der Waals surface area contributed by atoms with Crippen LogP contribution in [0.15, 0.2) is 36.5 Å². The van der Waals surface area contributed by atoms with E-state index in [1.165, 1.54) is 6.07 Å². The van der Waals surface area contributed by atoms with Crippen LogP contribution in [0.4, 0.5) is 0 Å². The van der Waals surface area contributed by atoms with Gasteiger partial charge in [-0.05, 0) is 43.7 Å². The van der Waals surface area contributed by atoms with Crippen molar-refractivity contribution in [1.82, 2.24) is 5.32 Å². The number of carbonyl (C=O) groups excluding carboxylic acids is 1. The number of aromatic hydroxyl groups is 1. The highest BCUT2D eigenvalue weighted by molar-refractivity contribution is 6.09. The molecule has 128 valence electrons. The van der Waals surface area contributed by atoms with E-state index in [-0.39, 0.29) is 23.2 Å². The van der Waals surface area contributed by atoms with E-state index in [9.17, 15) is 15.0 Å². The summed E-state index contributed by atoms with van der Waals surface area (Å²) in [5.74, 6) is 0.162. The van der Waals surface area contributed by atoms with Gasteiger partial charge in [-0.2, -0.15) is 0 Å². The van der Waals surface area contributed by atoms with Crippen LogP contribution < -0.4 is 5.32 Å². The monoisotopic (exact) mass is 319 g/mol. The number of phenols is 1. The van der Waals surface area contributed by atoms with Gasteiger partial charge in [0.05, 0.1) is 17.4 Å². The molecule has 0 aliphatic heterocycles. The van der Waals surface area contributed by atoms with Crippen molar-refractivity contribution in [2.24, 2.45) is 5.92 Å². The first-order valence-corrected chi connectivity index (χ1v) is 8.39. The van der Waals surface area contributed by atoms with Crippen molar-refractivity contribution in [3.8, 4) is 5.75 Å². The first-order chi connectivity index (χ1) is 11.0. The molecule has 0 heterocycles. The molecular formula is C19H29NO3. The molecule has 0 aromatic heterocycles. The zero-order valence-corrected chi connectivity index (χ0v) is 14.2. The number of rotatable bonds is 11. The molecule has 23 heavy (non-hydrogen) atoms. The Hall–Kier alpha value is -1.81. The largest absolute Gasteiger partial charge is 0.507 e. The molecule has 2 atom stereocenters. The number of benzene rings is 1. The Morgan fingerprint density at radius 3 is 2.57 bits per heavy atom. The van der Waals surface area contributed by atoms with Crippen LogP contribution in [0.25, 0.3) is 0 Å². The fraction of sp³-hybridized carbons (Fsp3) is 0.526. The molecule has 0 bridgehead atoms. The summed E-state index contributed by atoms with van der Waals surface area (Å²) in [5, 5.41) is 22.5. The van der Waals surface area contributed by atoms with E-state index in [0.29, 0.717) is 18.2 Å². The summed E-state index contributed by atoms with van der Waals surface area (Å²) in [6.07, 6.45) is 4.37. The minimum absolute atomic E-state index is 0.0290. The highest BCUT2D eigenvalue weighted by atomic mass is 16.3. The van der Waals surface area contributed by atoms with Gasteiger partial charge in [0, 0.05) is 6.54 Å². The van der Waals surface area contributed by atoms with E-state index in [4.69, 9.17) is 0 Å². The second kappa shape index (κ2) is 10.1. The third-order valence-corrected chi connectivity index (χ3v) is 4.01. The van der Waals surface area contributed by atoms with Crippen molar-refractivity contribution in [2.45, 2.75) is 52.1 Å². The van der Waals surface area contributed by atoms with Gasteiger partial charge in [-0.1, -0.05) is 39.0 Å². The maximum Gasteiger partial charge on any atom is 0.211 e. The number of allylic oxidation sites excluding steroid dienone is 1. The number of ketones is 1. The Morgan fingerprint density at radius 1 is 1.22 bits per heavy atom. The van der Waals surface area contributed by atoms with Crippen LogP contribution in [0.1, 0.15) is 56.3 Å². The first-order valence-electron chi connectivity index (χ1n) is 8.39. The minimum atomic E-state index is -0.283. The molecule has 0 radical (unpaired) electrons. The number of nitrogens with one attached hydrogen (secondary N) is 1. The number of para-hydroxylation sites is 1. The number of Topliss-reactive ketones (excluding diaryl/α,β-unsaturated/α-hetero) is 1. The van der Waals surface area contributed by atoms with Crippen LogP contribution in [-0.2, 0) is 0 Å². The van der Waals surface area contributed by atoms with E-state index >= 15 is 0 Å². The standard InChI is InChI=1S/C19H29NO3/c1-4-7-16(21)11-10-14(2)12-13-20-15(3)19(23)17-8-5-6-9-18(17)22/h5-6,8-9,14,16,20-22H,3-4,7,10-13H2,1-2H3. The van der Waals surface area contributed by atoms with Gasteiger partial charge in [-0.15, -0.1) is 0 Å². The number of phenolic OH excluding ortho intramolecular Hbond substituents is 1. The smallest absolute Gasteiger partial charge is 0.211 e. The molecule has 4 nitrogen and oxygen atoms in total. The van der Waals surface area contributed by atoms with Gasteiger partial charge in [0.2, 0.25) is 5.78 Å². The lowest BCUT2D eigenvalue weighted by molar-refractivity contribution is 0.102. The van der Waals surface area contributed by atoms with Crippen LogP contribution in [0.3, 0.4) is 0 Å². The Kier molecular flexibility index (Phi) is 8.41. The van der Waals surface area contributed by atoms with Crippen LogP contribution in [0.2, 0.25) is 0 Å². The highest BCUT2D eigenvalue weighted by Gasteiger charge is 2.14. The summed E-state index contributed by atoms with van der Waals surface area (Å²) in [6.45, 7) is 8.63. The molecule has 0 aliphatic rings. The molecule has 1 rings (SSSR count). The SMILES string of the molecule is C=C(NCCC(C)CCC(O)CCC)C(=O)c1ccccc1O. The molecule has 0 spiro atoms. The normalized spacial score (nSPS) is 13.3. The summed E-state index contributed by atoms with van der Waals surface area (Å²) >= 11 is 0. The lowest BCUT2D eigenvalue weighted by atomic mass is 9.98. The molecule has 3 N–H and O–H groups in total. The molecule has 1 aromatic carbocycles. The summed E-state index contributed by atoms with van der Waals surface area (Å²) in [6, 6.07) is 6.47. The van der Waals surface area contributed by atoms with E-state index in [0.717, 1.165) is 32.1 Å². The van der Waals surface area contributed by atoms with Gasteiger partial charge in [-0.3, -0.25) is 4.79 Å². The zero-order valence-electron chi connectivity index (χ0n) is 14.2. The van der Waals surface area contributed by atoms with Crippen molar-refractivity contribution >= 4 is 5.78 Å². The average Bonchev–Trinajstić information content (AvgIpc) is 2.53. The van der Waals surface area contributed by atoms with Crippen molar-refractivity contribution in [2.75, 3.05) is 6.54 Å². The zero-order chi connectivity index (χ0) is 17.2. The molecule has 2 unspecified atom stereocenters. The Morgan fingerprint density at radius 2 is 1.91 bits per heavy atom. The molecule has 0 aliphatic carbocycles. The summed E-state index contributed by atoms with van der Waals surface area (Å²) in [7, 11) is 0. The van der Waals surface area contributed by atoms with Gasteiger partial charge in [0.25, 0.3) is 0 Å². The average molecular weight is 319 g/mol. The second-order valence-electron chi connectivity index (χ2n) is 6.17. The summed E-state index contributed by atoms with van der Waals surface area (Å²) in [4.78, 5) is 12.2. The van der Waals surface area contributed by atoms with Gasteiger partial charge in [-0.25, -0.2) is 0 Å². The minimum Gasteiger partial charge on any atom is -0.507 e. The van der Waals surface area contributed by atoms with Crippen molar-refractivity contribution < 1.29 is 15.0 Å². The molecule has 4 heteroatoms. The quantitative estimate of drug-likeness (QED) is 0.430. The Bertz CT molecular complexity index is 513. The topological polar surface area (TPSA) is 69.6 Å². The molecule has 1 aromatic rings. The number of aliphatic hydroxyl groups is 1. The predicted octanol–water partition coefficient (Wildman–Crippen LogP) is 3.65. The van der Waals surface area contributed by atoms with Gasteiger partial charge < -0.3 is 15.5 Å². The molecule has 0 fully saturated rings. The van der Waals surface area contributed by atoms with Crippen molar-refractivity contribution in [3.05, 3.63) is 42.1 Å². The van der Waals surface area contributed by atoms with Crippen LogP contribution >= 0.6 is 0 Å². The second-order valence-corrected chi connectivity index (χ2v) is 6.17. The fourth-order valence-electron chi connectivity index (χ4n) is 2.48. The van der Waals surface area contributed by atoms with E-state index in [2.05, 4.69) is 25.7 Å². The lowest BCUT2D eigenvalue weighted by Crippen LogP contribution is -2.22. The maximum absolute atomic E-state index is 12.2. The van der Waals surface area contributed by atoms with E-state index in [1.54, 1.807) is 18.2 Å². The summed E-state index contributed by atoms with van der Waals surface area (Å²) in [5.41, 5.74) is 0.561. The van der Waals surface area contributed by atoms with Gasteiger partial charge in [0.1, 0.15) is 5.75 Å². The molecule has 0 saturated carbocycles. The third-order valence-electron chi connectivity index (χ3n) is 4.01. The van der Waals surface area contributed by atoms with Crippen molar-refractivity contribution in [3.63, 3.8) is 0 Å². The molecular weight excluding hydrogens is 290 g/mol. The van der Waals surface area contributed by atoms with Crippen LogP contribution in [0, 0.1) is 5.92 Å². The van der Waals surface area contributed by atoms with E-state index < -0.39 is 0 Å². The molecule has 0 saturated heterocycles. The van der Waals surface area contributed by atoms with Gasteiger partial charge >= 0.3 is 0 Å². The maximum atomic E-state index is 12.2. The summed E-state index contributed by atoms with van der Waals surface area (Å²) < 4.78 is 0. The number of aliphatic hydroxyl groups excluding tert-OH is 1. The predicted molar refractivity (Wildman–Crippen MR) is 93.5 cm³/mol. The number of hydrogen-bond acceptors (Lipinski definition) is 4. The Balaban J connectivity index is 2.31. The number of carbonyl (C=O) groups is 1. The number of hydrogen-bond donors (Lipinski definition) is 3. The van der Waals surface area contributed by atoms with Crippen LogP contribution in [-0.4, -0.2) is 28.6 Å². The third kappa shape index (κ3) is 6.87.